The van der Waals surface area contributed by atoms with Crippen molar-refractivity contribution in [1.82, 2.24) is 15.7 Å². The van der Waals surface area contributed by atoms with Crippen LogP contribution in [0, 0.1) is 0 Å². The van der Waals surface area contributed by atoms with Gasteiger partial charge in [0.15, 0.2) is 0 Å². The molecule has 2 aliphatic rings. The second kappa shape index (κ2) is 2.60. The van der Waals surface area contributed by atoms with Crippen LogP contribution < -0.4 is 11.4 Å². The molecule has 0 aliphatic carbocycles. The average Bonchev–Trinajstić information content (AvgIpc) is 2.59. The van der Waals surface area contributed by atoms with E-state index in [0.717, 1.165) is 5.70 Å². The first-order valence-electron chi connectivity index (χ1n) is 4.43. The Labute approximate surface area is 81.8 Å². The Hall–Kier alpha value is -1.78. The van der Waals surface area contributed by atoms with E-state index in [-0.39, 0.29) is 0 Å². The topological polar surface area (TPSA) is 44.5 Å². The normalized spacial score (nSPS) is 17.9. The standard InChI is InChI=1S/C10H10N4/c11-14-7-10-9-4-2-1-3-8(9)5-6-13(10)12-14/h1-7,12H,11H2. The van der Waals surface area contributed by atoms with Gasteiger partial charge >= 0.3 is 0 Å². The zero-order valence-corrected chi connectivity index (χ0v) is 7.51. The number of fused-ring (bicyclic) bond motifs is 3. The minimum Gasteiger partial charge on any atom is -0.263 e. The molecule has 70 valence electrons. The van der Waals surface area contributed by atoms with Gasteiger partial charge in [-0.05, 0) is 11.6 Å². The highest BCUT2D eigenvalue weighted by molar-refractivity contribution is 5.77. The van der Waals surface area contributed by atoms with E-state index in [1.807, 2.05) is 29.5 Å². The van der Waals surface area contributed by atoms with Crippen LogP contribution in [0.2, 0.25) is 0 Å². The van der Waals surface area contributed by atoms with E-state index in [9.17, 15) is 0 Å². The van der Waals surface area contributed by atoms with Gasteiger partial charge in [0, 0.05) is 11.8 Å². The number of hydrogen-bond acceptors (Lipinski definition) is 4. The van der Waals surface area contributed by atoms with Crippen molar-refractivity contribution in [2.24, 2.45) is 5.84 Å². The molecule has 1 aromatic carbocycles. The molecule has 3 rings (SSSR count). The minimum absolute atomic E-state index is 1.07. The van der Waals surface area contributed by atoms with Crippen LogP contribution in [0.3, 0.4) is 0 Å². The molecule has 0 radical (unpaired) electrons. The number of nitrogens with one attached hydrogen (secondary N) is 1. The summed E-state index contributed by atoms with van der Waals surface area (Å²) in [6.45, 7) is 0. The second-order valence-electron chi connectivity index (χ2n) is 3.29. The lowest BCUT2D eigenvalue weighted by Gasteiger charge is -2.22. The molecule has 0 aromatic heterocycles. The van der Waals surface area contributed by atoms with Crippen molar-refractivity contribution in [3.05, 3.63) is 47.8 Å². The summed E-state index contributed by atoms with van der Waals surface area (Å²) in [6.07, 6.45) is 5.88. The number of nitrogens with two attached hydrogens (primary N) is 1. The maximum Gasteiger partial charge on any atom is 0.0858 e. The van der Waals surface area contributed by atoms with E-state index >= 15 is 0 Å². The van der Waals surface area contributed by atoms with Gasteiger partial charge in [0.05, 0.1) is 11.9 Å². The van der Waals surface area contributed by atoms with Crippen molar-refractivity contribution >= 4 is 11.8 Å². The fraction of sp³-hybridized carbons (Fsp3) is 0. The Bertz CT molecular complexity index is 436. The van der Waals surface area contributed by atoms with Crippen molar-refractivity contribution in [2.75, 3.05) is 0 Å². The molecule has 0 amide bonds. The van der Waals surface area contributed by atoms with Crippen LogP contribution in [0.25, 0.3) is 11.8 Å². The first-order chi connectivity index (χ1) is 6.84. The van der Waals surface area contributed by atoms with Gasteiger partial charge in [-0.1, -0.05) is 24.3 Å². The second-order valence-corrected chi connectivity index (χ2v) is 3.29. The molecule has 0 saturated carbocycles. The van der Waals surface area contributed by atoms with E-state index in [1.54, 1.807) is 0 Å². The zero-order valence-electron chi connectivity index (χ0n) is 7.51. The highest BCUT2D eigenvalue weighted by Gasteiger charge is 2.22. The van der Waals surface area contributed by atoms with Crippen molar-refractivity contribution in [1.29, 1.82) is 0 Å². The molecule has 0 bridgehead atoms. The minimum atomic E-state index is 1.07. The van der Waals surface area contributed by atoms with Gasteiger partial charge in [0.25, 0.3) is 0 Å². The van der Waals surface area contributed by atoms with Crippen LogP contribution in [0.4, 0.5) is 0 Å². The number of rotatable bonds is 0. The van der Waals surface area contributed by atoms with Crippen LogP contribution in [-0.2, 0) is 0 Å². The molecule has 0 saturated heterocycles. The monoisotopic (exact) mass is 186 g/mol. The number of benzene rings is 1. The third-order valence-corrected chi connectivity index (χ3v) is 2.38. The quantitative estimate of drug-likeness (QED) is 0.590. The molecule has 0 spiro atoms. The Kier molecular flexibility index (Phi) is 1.41. The number of hydrogen-bond donors (Lipinski definition) is 2. The summed E-state index contributed by atoms with van der Waals surface area (Å²) in [5, 5.41) is 3.34. The molecular weight excluding hydrogens is 176 g/mol. The van der Waals surface area contributed by atoms with Crippen LogP contribution >= 0.6 is 0 Å². The molecule has 1 aromatic rings. The Morgan fingerprint density at radius 1 is 1.21 bits per heavy atom. The van der Waals surface area contributed by atoms with Crippen LogP contribution in [0.15, 0.2) is 36.7 Å². The summed E-state index contributed by atoms with van der Waals surface area (Å²) in [5.74, 6) is 5.62. The number of nitrogens with zero attached hydrogens (tertiary/aromatic N) is 2. The highest BCUT2D eigenvalue weighted by atomic mass is 15.9. The van der Waals surface area contributed by atoms with Crippen molar-refractivity contribution < 1.29 is 0 Å². The zero-order chi connectivity index (χ0) is 9.54. The lowest BCUT2D eigenvalue weighted by atomic mass is 10.0. The summed E-state index contributed by atoms with van der Waals surface area (Å²) in [7, 11) is 0. The molecule has 2 aliphatic heterocycles. The van der Waals surface area contributed by atoms with Crippen LogP contribution in [-0.4, -0.2) is 10.1 Å². The Balaban J connectivity index is 2.18. The van der Waals surface area contributed by atoms with E-state index in [1.165, 1.54) is 16.2 Å². The Morgan fingerprint density at radius 2 is 2.07 bits per heavy atom. The van der Waals surface area contributed by atoms with Crippen molar-refractivity contribution in [3.8, 4) is 0 Å². The molecule has 0 fully saturated rings. The number of hydrazine groups is 3. The third-order valence-electron chi connectivity index (χ3n) is 2.38. The van der Waals surface area contributed by atoms with Gasteiger partial charge in [-0.3, -0.25) is 5.01 Å². The van der Waals surface area contributed by atoms with Crippen molar-refractivity contribution in [3.63, 3.8) is 0 Å². The summed E-state index contributed by atoms with van der Waals surface area (Å²) >= 11 is 0. The lowest BCUT2D eigenvalue weighted by Crippen LogP contribution is -2.41. The molecule has 4 heteroatoms. The van der Waals surface area contributed by atoms with Gasteiger partial charge in [0.2, 0.25) is 0 Å². The smallest absolute Gasteiger partial charge is 0.0858 e. The van der Waals surface area contributed by atoms with Gasteiger partial charge < -0.3 is 0 Å². The first kappa shape index (κ1) is 7.61. The SMILES string of the molecule is NN1C=C2c3ccccc3C=CN2N1. The Morgan fingerprint density at radius 3 is 3.00 bits per heavy atom. The fourth-order valence-corrected chi connectivity index (χ4v) is 1.74. The summed E-state index contributed by atoms with van der Waals surface area (Å²) in [5.41, 5.74) is 6.44. The average molecular weight is 186 g/mol. The highest BCUT2D eigenvalue weighted by Crippen LogP contribution is 2.29. The van der Waals surface area contributed by atoms with E-state index in [4.69, 9.17) is 5.84 Å². The molecule has 0 atom stereocenters. The van der Waals surface area contributed by atoms with E-state index < -0.39 is 0 Å². The fourth-order valence-electron chi connectivity index (χ4n) is 1.74. The van der Waals surface area contributed by atoms with Gasteiger partial charge in [-0.2, -0.15) is 0 Å². The summed E-state index contributed by atoms with van der Waals surface area (Å²) in [4.78, 5) is 0. The largest absolute Gasteiger partial charge is 0.263 e. The molecule has 0 unspecified atom stereocenters. The molecule has 14 heavy (non-hydrogen) atoms. The molecule has 2 heterocycles. The van der Waals surface area contributed by atoms with Crippen LogP contribution in [0.5, 0.6) is 0 Å². The molecular formula is C10H10N4. The maximum atomic E-state index is 5.62. The van der Waals surface area contributed by atoms with Crippen LogP contribution in [0.1, 0.15) is 11.1 Å². The lowest BCUT2D eigenvalue weighted by molar-refractivity contribution is 0.187. The van der Waals surface area contributed by atoms with E-state index in [2.05, 4.69) is 23.7 Å². The molecule has 3 N–H and O–H groups in total. The predicted octanol–water partition coefficient (Wildman–Crippen LogP) is 0.880. The van der Waals surface area contributed by atoms with Gasteiger partial charge in [-0.15, -0.1) is 5.53 Å². The van der Waals surface area contributed by atoms with Gasteiger partial charge in [-0.25, -0.2) is 11.0 Å². The van der Waals surface area contributed by atoms with Gasteiger partial charge in [0.1, 0.15) is 0 Å². The van der Waals surface area contributed by atoms with Crippen molar-refractivity contribution in [2.45, 2.75) is 0 Å². The predicted molar refractivity (Wildman–Crippen MR) is 54.5 cm³/mol. The molecule has 4 nitrogen and oxygen atoms in total. The van der Waals surface area contributed by atoms with E-state index in [0.29, 0.717) is 0 Å². The third kappa shape index (κ3) is 0.951. The summed E-state index contributed by atoms with van der Waals surface area (Å²) < 4.78 is 0. The summed E-state index contributed by atoms with van der Waals surface area (Å²) in [6, 6.07) is 8.22. The maximum absolute atomic E-state index is 5.62. The first-order valence-corrected chi connectivity index (χ1v) is 4.43.